The average molecular weight is 577 g/mol. The van der Waals surface area contributed by atoms with Gasteiger partial charge in [0.15, 0.2) is 0 Å². The maximum atomic E-state index is 13.0. The summed E-state index contributed by atoms with van der Waals surface area (Å²) in [6.07, 6.45) is 3.32. The standard InChI is InChI=1S/C32H32N8O3/c1-4-39-32(42)23-14-13-22(16-28(23)40(39)20(2)3)35-29-17-26(36-27(19-41)21-10-6-5-7-11-21)24(18-34-29)31-37-30(38-43-31)25-12-8-9-15-33-25/h5-18,20,27,41H,4,19H2,1-3H3,(H2,34,35,36)/t27-/m1/s1. The van der Waals surface area contributed by atoms with Gasteiger partial charge >= 0.3 is 0 Å². The van der Waals surface area contributed by atoms with E-state index in [-0.39, 0.29) is 24.1 Å². The summed E-state index contributed by atoms with van der Waals surface area (Å²) in [5, 5.41) is 21.9. The normalized spacial score (nSPS) is 12.1. The van der Waals surface area contributed by atoms with Crippen molar-refractivity contribution in [3.8, 4) is 23.0 Å². The van der Waals surface area contributed by atoms with Crippen molar-refractivity contribution in [3.63, 3.8) is 0 Å². The number of nitrogens with one attached hydrogen (secondary N) is 2. The lowest BCUT2D eigenvalue weighted by molar-refractivity contribution is 0.276. The monoisotopic (exact) mass is 576 g/mol. The Labute approximate surface area is 247 Å². The van der Waals surface area contributed by atoms with E-state index in [9.17, 15) is 9.90 Å². The number of anilines is 3. The van der Waals surface area contributed by atoms with Gasteiger partial charge in [-0.05, 0) is 56.7 Å². The highest BCUT2D eigenvalue weighted by molar-refractivity contribution is 5.84. The molecule has 0 bridgehead atoms. The second-order valence-corrected chi connectivity index (χ2v) is 10.4. The van der Waals surface area contributed by atoms with Crippen LogP contribution in [0.1, 0.15) is 38.4 Å². The lowest BCUT2D eigenvalue weighted by atomic mass is 10.1. The van der Waals surface area contributed by atoms with Crippen LogP contribution in [0.15, 0.2) is 94.5 Å². The van der Waals surface area contributed by atoms with Crippen molar-refractivity contribution in [1.82, 2.24) is 29.5 Å². The van der Waals surface area contributed by atoms with Gasteiger partial charge in [0, 0.05) is 36.7 Å². The van der Waals surface area contributed by atoms with Gasteiger partial charge in [0.05, 0.1) is 34.8 Å². The number of aromatic nitrogens is 6. The van der Waals surface area contributed by atoms with Gasteiger partial charge < -0.3 is 20.3 Å². The van der Waals surface area contributed by atoms with Crippen LogP contribution >= 0.6 is 0 Å². The van der Waals surface area contributed by atoms with Crippen molar-refractivity contribution in [3.05, 3.63) is 101 Å². The van der Waals surface area contributed by atoms with Gasteiger partial charge in [0.25, 0.3) is 11.4 Å². The smallest absolute Gasteiger partial charge is 0.274 e. The summed E-state index contributed by atoms with van der Waals surface area (Å²) in [7, 11) is 0. The lowest BCUT2D eigenvalue weighted by Crippen LogP contribution is -2.23. The fraction of sp³-hybridized carbons (Fsp3) is 0.219. The van der Waals surface area contributed by atoms with Gasteiger partial charge in [-0.3, -0.25) is 14.5 Å². The van der Waals surface area contributed by atoms with E-state index in [1.165, 1.54) is 0 Å². The lowest BCUT2D eigenvalue weighted by Gasteiger charge is -2.20. The van der Waals surface area contributed by atoms with Crippen LogP contribution < -0.4 is 16.2 Å². The van der Waals surface area contributed by atoms with Crippen molar-refractivity contribution in [2.24, 2.45) is 0 Å². The molecule has 0 radical (unpaired) electrons. The van der Waals surface area contributed by atoms with E-state index in [0.717, 1.165) is 16.8 Å². The van der Waals surface area contributed by atoms with Crippen molar-refractivity contribution >= 4 is 28.1 Å². The summed E-state index contributed by atoms with van der Waals surface area (Å²) in [5.41, 5.74) is 4.32. The molecule has 4 aromatic heterocycles. The number of aliphatic hydroxyl groups is 1. The topological polar surface area (TPSA) is 136 Å². The first kappa shape index (κ1) is 27.9. The number of hydrogen-bond acceptors (Lipinski definition) is 9. The Hall–Kier alpha value is -5.29. The van der Waals surface area contributed by atoms with E-state index in [2.05, 4.69) is 44.6 Å². The van der Waals surface area contributed by atoms with Gasteiger partial charge in [0.1, 0.15) is 11.5 Å². The van der Waals surface area contributed by atoms with Gasteiger partial charge in [-0.25, -0.2) is 9.67 Å². The van der Waals surface area contributed by atoms with Gasteiger partial charge in [-0.1, -0.05) is 41.6 Å². The van der Waals surface area contributed by atoms with Crippen LogP contribution in [0.4, 0.5) is 17.2 Å². The summed E-state index contributed by atoms with van der Waals surface area (Å²) in [5.74, 6) is 1.16. The Morgan fingerprint density at radius 2 is 1.81 bits per heavy atom. The first-order valence-electron chi connectivity index (χ1n) is 14.2. The van der Waals surface area contributed by atoms with Crippen LogP contribution in [-0.2, 0) is 6.54 Å². The number of fused-ring (bicyclic) bond motifs is 1. The maximum absolute atomic E-state index is 13.0. The molecule has 0 unspecified atom stereocenters. The van der Waals surface area contributed by atoms with E-state index in [0.29, 0.717) is 40.5 Å². The van der Waals surface area contributed by atoms with Gasteiger partial charge in [-0.2, -0.15) is 4.98 Å². The molecule has 6 rings (SSSR count). The molecular formula is C32H32N8O3. The van der Waals surface area contributed by atoms with Crippen molar-refractivity contribution in [1.29, 1.82) is 0 Å². The molecule has 0 spiro atoms. The van der Waals surface area contributed by atoms with Crippen molar-refractivity contribution in [2.75, 3.05) is 17.2 Å². The molecule has 218 valence electrons. The molecular weight excluding hydrogens is 544 g/mol. The number of aliphatic hydroxyl groups excluding tert-OH is 1. The minimum Gasteiger partial charge on any atom is -0.394 e. The first-order valence-corrected chi connectivity index (χ1v) is 14.2. The second-order valence-electron chi connectivity index (χ2n) is 10.4. The third-order valence-corrected chi connectivity index (χ3v) is 7.20. The third kappa shape index (κ3) is 5.50. The summed E-state index contributed by atoms with van der Waals surface area (Å²) >= 11 is 0. The summed E-state index contributed by atoms with van der Waals surface area (Å²) in [6.45, 7) is 6.53. The van der Waals surface area contributed by atoms with E-state index in [1.54, 1.807) is 23.1 Å². The minimum absolute atomic E-state index is 0.00713. The highest BCUT2D eigenvalue weighted by atomic mass is 16.5. The molecule has 1 atom stereocenters. The van der Waals surface area contributed by atoms with Crippen LogP contribution in [0.3, 0.4) is 0 Å². The summed E-state index contributed by atoms with van der Waals surface area (Å²) in [4.78, 5) is 26.5. The zero-order chi connectivity index (χ0) is 29.9. The Balaban J connectivity index is 1.39. The third-order valence-electron chi connectivity index (χ3n) is 7.20. The number of benzene rings is 2. The molecule has 4 heterocycles. The average Bonchev–Trinajstić information content (AvgIpc) is 3.63. The fourth-order valence-corrected chi connectivity index (χ4v) is 5.20. The Bertz CT molecular complexity index is 1910. The Kier molecular flexibility index (Phi) is 7.71. The minimum atomic E-state index is -0.404. The van der Waals surface area contributed by atoms with E-state index in [4.69, 9.17) is 4.52 Å². The van der Waals surface area contributed by atoms with Crippen molar-refractivity contribution in [2.45, 2.75) is 39.4 Å². The summed E-state index contributed by atoms with van der Waals surface area (Å²) < 4.78 is 9.42. The molecule has 2 aromatic carbocycles. The quantitative estimate of drug-likeness (QED) is 0.185. The Morgan fingerprint density at radius 1 is 1.00 bits per heavy atom. The van der Waals surface area contributed by atoms with Crippen LogP contribution in [0.25, 0.3) is 33.9 Å². The van der Waals surface area contributed by atoms with Crippen molar-refractivity contribution < 1.29 is 9.63 Å². The highest BCUT2D eigenvalue weighted by Crippen LogP contribution is 2.33. The molecule has 11 nitrogen and oxygen atoms in total. The zero-order valence-corrected chi connectivity index (χ0v) is 24.1. The largest absolute Gasteiger partial charge is 0.394 e. The van der Waals surface area contributed by atoms with E-state index < -0.39 is 6.04 Å². The molecule has 0 fully saturated rings. The molecule has 3 N–H and O–H groups in total. The predicted molar refractivity (Wildman–Crippen MR) is 166 cm³/mol. The second kappa shape index (κ2) is 11.9. The zero-order valence-electron chi connectivity index (χ0n) is 24.1. The molecule has 11 heteroatoms. The van der Waals surface area contributed by atoms with E-state index >= 15 is 0 Å². The molecule has 0 aliphatic heterocycles. The number of hydrogen-bond donors (Lipinski definition) is 3. The van der Waals surface area contributed by atoms with Crippen LogP contribution in [0.2, 0.25) is 0 Å². The molecule has 6 aromatic rings. The molecule has 0 aliphatic carbocycles. The predicted octanol–water partition coefficient (Wildman–Crippen LogP) is 5.80. The van der Waals surface area contributed by atoms with Crippen LogP contribution in [0.5, 0.6) is 0 Å². The molecule has 43 heavy (non-hydrogen) atoms. The number of pyridine rings is 2. The number of nitrogens with zero attached hydrogens (tertiary/aromatic N) is 6. The van der Waals surface area contributed by atoms with Crippen LogP contribution in [0, 0.1) is 0 Å². The maximum Gasteiger partial charge on any atom is 0.274 e. The summed E-state index contributed by atoms with van der Waals surface area (Å²) in [6, 6.07) is 22.4. The fourth-order valence-electron chi connectivity index (χ4n) is 5.20. The molecule has 0 aliphatic rings. The molecule has 0 saturated carbocycles. The van der Waals surface area contributed by atoms with Gasteiger partial charge in [0.2, 0.25) is 5.82 Å². The molecule has 0 saturated heterocycles. The Morgan fingerprint density at radius 3 is 2.53 bits per heavy atom. The number of rotatable bonds is 10. The van der Waals surface area contributed by atoms with Gasteiger partial charge in [-0.15, -0.1) is 0 Å². The highest BCUT2D eigenvalue weighted by Gasteiger charge is 2.20. The first-order chi connectivity index (χ1) is 21.0. The molecule has 0 amide bonds. The van der Waals surface area contributed by atoms with E-state index in [1.807, 2.05) is 78.3 Å². The SMILES string of the molecule is CCn1c(=O)c2ccc(Nc3cc(N[C@H](CO)c4ccccc4)c(-c4nc(-c5ccccn5)no4)cn3)cc2n1C(C)C. The van der Waals surface area contributed by atoms with Crippen LogP contribution in [-0.4, -0.2) is 41.2 Å².